The van der Waals surface area contributed by atoms with Crippen LogP contribution >= 0.6 is 50.9 Å². The Labute approximate surface area is 691 Å². The molecule has 0 spiro atoms. The van der Waals surface area contributed by atoms with Crippen molar-refractivity contribution in [1.82, 2.24) is 0 Å². The van der Waals surface area contributed by atoms with Gasteiger partial charge in [0.15, 0.2) is 0 Å². The SMILES string of the molecule is CC(C)[C@H](C)C[P@@](C)(=O)COCc1ccccc1.CC(C)[C@H](C)C[P@](C)(=O)CO.CC(C)[C@H](C)C[P@](C)(=O)COCc1ccccc1.CC(C)[C@H](C)C[P@](C)(=O)COCc1ccccc1.CP(=O)([O-])COCc1ccccc1.C[P+](C)=O.O=C=O.O=C=O.O=C=O.O=C=O.O=C=O.[CH2-][P@@](C)(=O)C[C@@H](C)C(C)C.[Na+].[W]. The van der Waals surface area contributed by atoms with E-state index in [4.69, 9.17) is 72.0 Å². The molecule has 0 amide bonds. The monoisotopic (exact) mass is 1850 g/mol. The molecule has 0 heterocycles. The van der Waals surface area contributed by atoms with Crippen molar-refractivity contribution >= 4 is 81.6 Å². The van der Waals surface area contributed by atoms with Crippen LogP contribution in [0.25, 0.3) is 0 Å². The summed E-state index contributed by atoms with van der Waals surface area (Å²) in [7, 11) is -14.9. The van der Waals surface area contributed by atoms with Gasteiger partial charge in [-0.25, -0.2) is 0 Å². The van der Waals surface area contributed by atoms with Crippen molar-refractivity contribution in [3.8, 4) is 0 Å². The quantitative estimate of drug-likeness (QED) is 0.0269. The van der Waals surface area contributed by atoms with Crippen LogP contribution in [-0.4, -0.2) is 152 Å². The standard InChI is InChI=1S/3C15H25O2P.C9H13O3P.C8H19O2P.C8H18OP.C2H6OP.5CO2.Na.W/c3*1-13(2)14(3)11-18(4,16)12-17-10-15-8-6-5-7-9-15;1-13(10,11)8-12-7-9-5-3-2-4-6-9;1-7(2)8(3)5-11(4,10)6-9;1-7(2)8(3)6-10(4,5)9;1-4(2)3;5*2-1-3;;/h3*5-9,13-14H,10-12H2,1-4H3;2-6H,7-8H2,1H3,(H,10,11);7-9H,5-6H2,1-4H3;7-8H,4,6H2,1-3,5H3;1-2H3;;;;;;;/q;;;;;-1;+1;;;;;;+1;/p-1/t2*14-,18+;14-,18-;;8-,11+;8-,10+;;;;;;;;/m111.11......../s1. The third-order valence-corrected chi connectivity index (χ3v) is 25.4. The van der Waals surface area contributed by atoms with Crippen molar-refractivity contribution in [3.05, 3.63) is 150 Å². The van der Waals surface area contributed by atoms with E-state index in [9.17, 15) is 36.8 Å². The van der Waals surface area contributed by atoms with Gasteiger partial charge in [0, 0.05) is 53.1 Å². The zero-order chi connectivity index (χ0) is 85.1. The van der Waals surface area contributed by atoms with Crippen LogP contribution in [0.3, 0.4) is 0 Å². The van der Waals surface area contributed by atoms with E-state index in [1.54, 1.807) is 26.7 Å². The minimum absolute atomic E-state index is 0. The van der Waals surface area contributed by atoms with E-state index in [2.05, 4.69) is 111 Å². The van der Waals surface area contributed by atoms with Crippen LogP contribution in [0.5, 0.6) is 0 Å². The Hall–Kier alpha value is -3.29. The van der Waals surface area contributed by atoms with Gasteiger partial charge in [0.1, 0.15) is 41.9 Å². The zero-order valence-corrected chi connectivity index (χ0v) is 80.6. The predicted octanol–water partition coefficient (Wildman–Crippen LogP) is 15.2. The first-order chi connectivity index (χ1) is 49.3. The first-order valence-electron chi connectivity index (χ1n) is 34.6. The summed E-state index contributed by atoms with van der Waals surface area (Å²) < 4.78 is 102. The van der Waals surface area contributed by atoms with E-state index in [-0.39, 0.29) is 94.1 Å². The van der Waals surface area contributed by atoms with Gasteiger partial charge in [-0.05, 0) is 135 Å². The number of carbonyl (C=O) groups excluding carboxylic acids is 10. The van der Waals surface area contributed by atoms with E-state index in [1.807, 2.05) is 141 Å². The topological polar surface area (TPSA) is 370 Å². The molecule has 4 rings (SSSR count). The van der Waals surface area contributed by atoms with Crippen LogP contribution < -0.4 is 34.5 Å². The third-order valence-electron chi connectivity index (χ3n) is 15.2. The molecule has 0 saturated carbocycles. The minimum atomic E-state index is -3.27. The van der Waals surface area contributed by atoms with Gasteiger partial charge in [0.2, 0.25) is 0 Å². The Bertz CT molecular complexity index is 3050. The van der Waals surface area contributed by atoms with Gasteiger partial charge >= 0.3 is 68.1 Å². The van der Waals surface area contributed by atoms with E-state index in [0.717, 1.165) is 46.9 Å². The summed E-state index contributed by atoms with van der Waals surface area (Å²) >= 11 is 0. The molecule has 32 heteroatoms. The van der Waals surface area contributed by atoms with Crippen LogP contribution in [0.2, 0.25) is 0 Å². The fraction of sp³-hybridized carbons (Fsp3) is 0.610. The molecule has 11 atom stereocenters. The van der Waals surface area contributed by atoms with E-state index in [1.165, 1.54) is 6.66 Å². The predicted molar refractivity (Wildman–Crippen MR) is 427 cm³/mol. The fourth-order valence-electron chi connectivity index (χ4n) is 8.01. The Morgan fingerprint density at radius 1 is 0.358 bits per heavy atom. The van der Waals surface area contributed by atoms with Gasteiger partial charge in [-0.3, -0.25) is 6.66 Å². The molecular formula is C77H130NaO23P7W. The summed E-state index contributed by atoms with van der Waals surface area (Å²) in [5.41, 5.74) is 4.38. The number of aliphatic hydroxyl groups is 1. The maximum absolute atomic E-state index is 12.4. The molecule has 0 radical (unpaired) electrons. The van der Waals surface area contributed by atoms with Gasteiger partial charge in [-0.15, -0.1) is 0 Å². The first-order valence-corrected chi connectivity index (χ1v) is 51.6. The van der Waals surface area contributed by atoms with Gasteiger partial charge in [0.25, 0.3) is 0 Å². The Morgan fingerprint density at radius 3 is 0.651 bits per heavy atom. The molecule has 0 fully saturated rings. The third kappa shape index (κ3) is 101. The molecule has 0 bridgehead atoms. The fourth-order valence-corrected chi connectivity index (χ4v) is 18.5. The zero-order valence-electron chi connectivity index (χ0n) is 69.4. The molecule has 1 unspecified atom stereocenters. The van der Waals surface area contributed by atoms with Crippen molar-refractivity contribution in [3.63, 3.8) is 0 Å². The molecule has 0 saturated heterocycles. The molecule has 1 N–H and O–H groups in total. The number of hydrogen-bond donors (Lipinski definition) is 1. The number of aliphatic hydroxyl groups excluding tert-OH is 1. The van der Waals surface area contributed by atoms with E-state index in [0.29, 0.717) is 111 Å². The second kappa shape index (κ2) is 77.3. The van der Waals surface area contributed by atoms with Crippen LogP contribution in [0.4, 0.5) is 0 Å². The van der Waals surface area contributed by atoms with Crippen LogP contribution in [0.1, 0.15) is 126 Å². The van der Waals surface area contributed by atoms with Crippen molar-refractivity contribution in [2.45, 2.75) is 130 Å². The summed E-state index contributed by atoms with van der Waals surface area (Å²) in [6.07, 6.45) is 5.85. The molecule has 0 aliphatic heterocycles. The van der Waals surface area contributed by atoms with E-state index >= 15 is 0 Å². The average Bonchev–Trinajstić information content (AvgIpc) is 0.908. The summed E-state index contributed by atoms with van der Waals surface area (Å²) in [4.78, 5) is 92.0. The number of benzene rings is 4. The number of ether oxygens (including phenoxy) is 4. The Morgan fingerprint density at radius 2 is 0.514 bits per heavy atom. The molecule has 4 aromatic rings. The van der Waals surface area contributed by atoms with Gasteiger partial charge in [-0.2, -0.15) is 47.9 Å². The van der Waals surface area contributed by atoms with Crippen molar-refractivity contribution in [2.75, 3.05) is 116 Å². The molecule has 4 aromatic carbocycles. The minimum Gasteiger partial charge on any atom is -0.798 e. The molecule has 0 aromatic heterocycles. The van der Waals surface area contributed by atoms with Crippen molar-refractivity contribution < 1.29 is 159 Å². The second-order valence-electron chi connectivity index (χ2n) is 28.7. The maximum atomic E-state index is 12.4. The number of rotatable bonds is 32. The molecular weight excluding hydrogens is 1720 g/mol. The van der Waals surface area contributed by atoms with Crippen LogP contribution in [0, 0.1) is 65.8 Å². The second-order valence-corrected chi connectivity index (χ2v) is 48.5. The average molecular weight is 1850 g/mol. The summed E-state index contributed by atoms with van der Waals surface area (Å²) in [5.74, 6) is 5.34. The molecule has 0 aliphatic carbocycles. The summed E-state index contributed by atoms with van der Waals surface area (Å²) in [5, 5.41) is 8.76. The van der Waals surface area contributed by atoms with Crippen LogP contribution in [0.15, 0.2) is 121 Å². The molecule has 618 valence electrons. The summed E-state index contributed by atoms with van der Waals surface area (Å²) in [6.45, 7) is 51.5. The Kier molecular flexibility index (Phi) is 89.7. The normalized spacial score (nSPS) is 14.5. The molecule has 109 heavy (non-hydrogen) atoms. The molecule has 23 nitrogen and oxygen atoms in total. The van der Waals surface area contributed by atoms with Gasteiger partial charge < -0.3 is 56.3 Å². The van der Waals surface area contributed by atoms with Gasteiger partial charge in [0.05, 0.1) is 58.2 Å². The molecule has 0 aliphatic rings. The van der Waals surface area contributed by atoms with Crippen molar-refractivity contribution in [1.29, 1.82) is 0 Å². The van der Waals surface area contributed by atoms with Crippen molar-refractivity contribution in [2.24, 2.45) is 59.2 Å². The first kappa shape index (κ1) is 127. The maximum Gasteiger partial charge on any atom is 1.00 e. The largest absolute Gasteiger partial charge is 1.00 e. The summed E-state index contributed by atoms with van der Waals surface area (Å²) in [6, 6.07) is 39.5. The van der Waals surface area contributed by atoms with Gasteiger partial charge in [-0.1, -0.05) is 230 Å². The number of hydrogen-bond acceptors (Lipinski definition) is 23. The smallest absolute Gasteiger partial charge is 0.798 e. The van der Waals surface area contributed by atoms with Crippen LogP contribution in [-0.2, 0) is 146 Å². The Balaban J connectivity index is -0.000000129. The van der Waals surface area contributed by atoms with E-state index < -0.39 is 50.9 Å².